The predicted molar refractivity (Wildman–Crippen MR) is 122 cm³/mol. The Balaban J connectivity index is 1.97. The minimum atomic E-state index is -4.71. The van der Waals surface area contributed by atoms with Gasteiger partial charge in [0.1, 0.15) is 23.7 Å². The Morgan fingerprint density at radius 1 is 1.06 bits per heavy atom. The van der Waals surface area contributed by atoms with Crippen LogP contribution in [0.25, 0.3) is 0 Å². The average Bonchev–Trinajstić information content (AvgIpc) is 2.77. The number of halogens is 3. The van der Waals surface area contributed by atoms with Crippen molar-refractivity contribution in [2.45, 2.75) is 37.4 Å². The minimum Gasteiger partial charge on any atom is -0.507 e. The summed E-state index contributed by atoms with van der Waals surface area (Å²) in [4.78, 5) is 11.0. The number of hydrogen-bond acceptors (Lipinski definition) is 5. The van der Waals surface area contributed by atoms with Gasteiger partial charge in [-0.15, -0.1) is 0 Å². The monoisotopic (exact) mass is 509 g/mol. The summed E-state index contributed by atoms with van der Waals surface area (Å²) in [5.41, 5.74) is -0.845. The summed E-state index contributed by atoms with van der Waals surface area (Å²) >= 11 is 0. The number of alkyl halides is 3. The van der Waals surface area contributed by atoms with Crippen LogP contribution in [0.5, 0.6) is 11.5 Å². The standard InChI is InChI=1S/C24H22F3NO6S/c1-14(2)17-5-3-4-6-22(17)35(32,33)28-19-10-8-16(24(25,26)27)12-21(19)34-13-15-7-9-18(23(30)31)20(29)11-15/h3-12,14,28-29H,13H2,1-2H3,(H,30,31). The lowest BCUT2D eigenvalue weighted by atomic mass is 10.0. The van der Waals surface area contributed by atoms with E-state index in [-0.39, 0.29) is 34.2 Å². The molecule has 3 N–H and O–H groups in total. The Morgan fingerprint density at radius 2 is 1.74 bits per heavy atom. The molecule has 11 heteroatoms. The molecular weight excluding hydrogens is 487 g/mol. The molecule has 0 saturated heterocycles. The van der Waals surface area contributed by atoms with Gasteiger partial charge in [0.05, 0.1) is 16.1 Å². The third kappa shape index (κ3) is 6.04. The molecule has 0 spiro atoms. The van der Waals surface area contributed by atoms with Crippen molar-refractivity contribution in [3.8, 4) is 11.5 Å². The van der Waals surface area contributed by atoms with Gasteiger partial charge in [0, 0.05) is 0 Å². The Morgan fingerprint density at radius 3 is 2.34 bits per heavy atom. The maximum Gasteiger partial charge on any atom is 0.416 e. The molecule has 3 aromatic rings. The number of carbonyl (C=O) groups is 1. The molecule has 0 amide bonds. The highest BCUT2D eigenvalue weighted by molar-refractivity contribution is 7.92. The van der Waals surface area contributed by atoms with Crippen LogP contribution >= 0.6 is 0 Å². The number of carboxylic acid groups (broad SMARTS) is 1. The van der Waals surface area contributed by atoms with Crippen molar-refractivity contribution in [3.05, 3.63) is 82.9 Å². The molecule has 0 unspecified atom stereocenters. The van der Waals surface area contributed by atoms with Crippen molar-refractivity contribution in [2.24, 2.45) is 0 Å². The lowest BCUT2D eigenvalue weighted by Gasteiger charge is -2.18. The number of anilines is 1. The Labute approximate surface area is 199 Å². The first-order valence-electron chi connectivity index (χ1n) is 10.3. The average molecular weight is 510 g/mol. The Hall–Kier alpha value is -3.73. The second-order valence-corrected chi connectivity index (χ2v) is 9.60. The van der Waals surface area contributed by atoms with Crippen molar-refractivity contribution in [2.75, 3.05) is 4.72 Å². The molecule has 0 radical (unpaired) electrons. The highest BCUT2D eigenvalue weighted by Gasteiger charge is 2.32. The first-order chi connectivity index (χ1) is 16.3. The van der Waals surface area contributed by atoms with Crippen molar-refractivity contribution in [3.63, 3.8) is 0 Å². The van der Waals surface area contributed by atoms with E-state index >= 15 is 0 Å². The summed E-state index contributed by atoms with van der Waals surface area (Å²) < 4.78 is 73.9. The van der Waals surface area contributed by atoms with Gasteiger partial charge >= 0.3 is 12.1 Å². The van der Waals surface area contributed by atoms with Gasteiger partial charge in [-0.05, 0) is 53.4 Å². The van der Waals surface area contributed by atoms with Crippen molar-refractivity contribution in [1.82, 2.24) is 0 Å². The van der Waals surface area contributed by atoms with Crippen LogP contribution in [0, 0.1) is 0 Å². The molecule has 3 rings (SSSR count). The maximum atomic E-state index is 13.3. The van der Waals surface area contributed by atoms with Crippen LogP contribution in [-0.4, -0.2) is 24.6 Å². The molecule has 0 bridgehead atoms. The summed E-state index contributed by atoms with van der Waals surface area (Å²) in [6.45, 7) is 3.25. The van der Waals surface area contributed by atoms with Crippen LogP contribution in [0.3, 0.4) is 0 Å². The molecular formula is C24H22F3NO6S. The Kier molecular flexibility index (Phi) is 7.30. The summed E-state index contributed by atoms with van der Waals surface area (Å²) in [7, 11) is -4.18. The lowest BCUT2D eigenvalue weighted by molar-refractivity contribution is -0.137. The summed E-state index contributed by atoms with van der Waals surface area (Å²) in [5.74, 6) is -2.43. The molecule has 0 heterocycles. The smallest absolute Gasteiger partial charge is 0.416 e. The van der Waals surface area contributed by atoms with E-state index in [1.165, 1.54) is 18.2 Å². The van der Waals surface area contributed by atoms with E-state index in [2.05, 4.69) is 4.72 Å². The molecule has 0 aliphatic carbocycles. The number of rotatable bonds is 8. The van der Waals surface area contributed by atoms with Gasteiger partial charge in [-0.25, -0.2) is 13.2 Å². The molecule has 186 valence electrons. The number of phenols is 1. The molecule has 0 atom stereocenters. The first kappa shape index (κ1) is 25.9. The number of carboxylic acids is 1. The van der Waals surface area contributed by atoms with E-state index < -0.39 is 39.2 Å². The molecule has 0 fully saturated rings. The fraction of sp³-hybridized carbons (Fsp3) is 0.208. The molecule has 7 nitrogen and oxygen atoms in total. The number of aromatic carboxylic acids is 1. The van der Waals surface area contributed by atoms with Crippen molar-refractivity contribution >= 4 is 21.7 Å². The number of sulfonamides is 1. The number of aromatic hydroxyl groups is 1. The van der Waals surface area contributed by atoms with Gasteiger partial charge < -0.3 is 14.9 Å². The molecule has 0 aromatic heterocycles. The zero-order valence-corrected chi connectivity index (χ0v) is 19.4. The third-order valence-electron chi connectivity index (χ3n) is 5.07. The highest BCUT2D eigenvalue weighted by Crippen LogP contribution is 2.37. The topological polar surface area (TPSA) is 113 Å². The van der Waals surface area contributed by atoms with E-state index in [9.17, 15) is 31.5 Å². The van der Waals surface area contributed by atoms with E-state index in [0.29, 0.717) is 11.6 Å². The second-order valence-electron chi connectivity index (χ2n) is 7.95. The fourth-order valence-corrected chi connectivity index (χ4v) is 4.75. The van der Waals surface area contributed by atoms with E-state index in [0.717, 1.165) is 24.3 Å². The third-order valence-corrected chi connectivity index (χ3v) is 6.51. The second kappa shape index (κ2) is 9.87. The first-order valence-corrected chi connectivity index (χ1v) is 11.8. The summed E-state index contributed by atoms with van der Waals surface area (Å²) in [5, 5.41) is 18.8. The number of benzene rings is 3. The molecule has 3 aromatic carbocycles. The normalized spacial score (nSPS) is 11.9. The highest BCUT2D eigenvalue weighted by atomic mass is 32.2. The molecule has 0 aliphatic rings. The van der Waals surface area contributed by atoms with Crippen LogP contribution in [0.2, 0.25) is 0 Å². The van der Waals surface area contributed by atoms with Gasteiger partial charge in [-0.1, -0.05) is 38.1 Å². The zero-order chi connectivity index (χ0) is 26.0. The van der Waals surface area contributed by atoms with Crippen LogP contribution in [0.15, 0.2) is 65.6 Å². The number of hydrogen-bond donors (Lipinski definition) is 3. The molecule has 0 saturated carbocycles. The van der Waals surface area contributed by atoms with Gasteiger partial charge in [-0.3, -0.25) is 4.72 Å². The summed E-state index contributed by atoms with van der Waals surface area (Å²) in [6.07, 6.45) is -4.71. The SMILES string of the molecule is CC(C)c1ccccc1S(=O)(=O)Nc1ccc(C(F)(F)F)cc1OCc1ccc(C(=O)O)c(O)c1. The van der Waals surface area contributed by atoms with E-state index in [1.54, 1.807) is 12.1 Å². The molecule has 35 heavy (non-hydrogen) atoms. The lowest BCUT2D eigenvalue weighted by Crippen LogP contribution is -2.17. The maximum absolute atomic E-state index is 13.3. The van der Waals surface area contributed by atoms with Gasteiger partial charge in [0.25, 0.3) is 10.0 Å². The summed E-state index contributed by atoms with van der Waals surface area (Å²) in [6, 6.07) is 12.2. The van der Waals surface area contributed by atoms with Crippen molar-refractivity contribution in [1.29, 1.82) is 0 Å². The minimum absolute atomic E-state index is 0.0185. The Bertz CT molecular complexity index is 1350. The van der Waals surface area contributed by atoms with Crippen LogP contribution in [0.4, 0.5) is 18.9 Å². The van der Waals surface area contributed by atoms with Gasteiger partial charge in [0.15, 0.2) is 0 Å². The van der Waals surface area contributed by atoms with Crippen LogP contribution < -0.4 is 9.46 Å². The van der Waals surface area contributed by atoms with Crippen LogP contribution in [0.1, 0.15) is 46.8 Å². The van der Waals surface area contributed by atoms with Crippen molar-refractivity contribution < 1.29 is 41.3 Å². The van der Waals surface area contributed by atoms with E-state index in [4.69, 9.17) is 9.84 Å². The van der Waals surface area contributed by atoms with Gasteiger partial charge in [-0.2, -0.15) is 13.2 Å². The molecule has 0 aliphatic heterocycles. The zero-order valence-electron chi connectivity index (χ0n) is 18.6. The van der Waals surface area contributed by atoms with E-state index in [1.807, 2.05) is 13.8 Å². The predicted octanol–water partition coefficient (Wildman–Crippen LogP) is 5.61. The van der Waals surface area contributed by atoms with Crippen LogP contribution in [-0.2, 0) is 22.8 Å². The number of ether oxygens (including phenoxy) is 1. The largest absolute Gasteiger partial charge is 0.507 e. The number of nitrogens with one attached hydrogen (secondary N) is 1. The van der Waals surface area contributed by atoms with Gasteiger partial charge in [0.2, 0.25) is 0 Å². The quantitative estimate of drug-likeness (QED) is 0.364. The fourth-order valence-electron chi connectivity index (χ4n) is 3.31.